The van der Waals surface area contributed by atoms with Gasteiger partial charge in [-0.1, -0.05) is 103 Å². The summed E-state index contributed by atoms with van der Waals surface area (Å²) in [6.45, 7) is 14.1. The molecule has 3 aliphatic carbocycles. The molecule has 0 aliphatic heterocycles. The van der Waals surface area contributed by atoms with Crippen molar-refractivity contribution in [1.82, 2.24) is 0 Å². The van der Waals surface area contributed by atoms with E-state index < -0.39 is 0 Å². The Bertz CT molecular complexity index is 813. The van der Waals surface area contributed by atoms with E-state index in [4.69, 9.17) is 0 Å². The predicted octanol–water partition coefficient (Wildman–Crippen LogP) is 8.80. The van der Waals surface area contributed by atoms with E-state index in [2.05, 4.69) is 90.1 Å². The van der Waals surface area contributed by atoms with Crippen LogP contribution in [0.1, 0.15) is 109 Å². The van der Waals surface area contributed by atoms with Crippen LogP contribution in [0.5, 0.6) is 0 Å². The van der Waals surface area contributed by atoms with E-state index >= 15 is 0 Å². The first kappa shape index (κ1) is 23.1. The zero-order valence-corrected chi connectivity index (χ0v) is 20.5. The minimum atomic E-state index is 0.412. The molecule has 3 aliphatic rings. The molecule has 1 saturated carbocycles. The van der Waals surface area contributed by atoms with Crippen LogP contribution in [0.2, 0.25) is 0 Å². The van der Waals surface area contributed by atoms with Gasteiger partial charge >= 0.3 is 0 Å². The van der Waals surface area contributed by atoms with Crippen molar-refractivity contribution < 1.29 is 0 Å². The highest BCUT2D eigenvalue weighted by molar-refractivity contribution is 5.38. The van der Waals surface area contributed by atoms with E-state index in [1.54, 1.807) is 22.3 Å². The maximum Gasteiger partial charge on any atom is -0.00977 e. The fourth-order valence-corrected chi connectivity index (χ4v) is 5.57. The standard InChI is InChI=1S/C12H16.C11H14.C7H14/c1-12(2)9-5-7-10-6-3-4-8-11(10)12;1-11(2)8-7-9-5-3-4-6-10(9)11;1-7(2)5-3-4-6-7/h3-4,6,8H,5,7,9H2,1-2H3;3-6H,7-8H2,1-2H3;3-6H2,1-2H3. The molecule has 30 heavy (non-hydrogen) atoms. The Labute approximate surface area is 186 Å². The monoisotopic (exact) mass is 404 g/mol. The number of hydrogen-bond donors (Lipinski definition) is 0. The van der Waals surface area contributed by atoms with E-state index in [1.165, 1.54) is 57.8 Å². The van der Waals surface area contributed by atoms with Gasteiger partial charge < -0.3 is 0 Å². The van der Waals surface area contributed by atoms with Gasteiger partial charge in [0.25, 0.3) is 0 Å². The lowest BCUT2D eigenvalue weighted by atomic mass is 9.73. The lowest BCUT2D eigenvalue weighted by molar-refractivity contribution is 0.382. The Morgan fingerprint density at radius 1 is 0.500 bits per heavy atom. The van der Waals surface area contributed by atoms with E-state index in [1.807, 2.05) is 0 Å². The van der Waals surface area contributed by atoms with Gasteiger partial charge in [-0.05, 0) is 83.4 Å². The van der Waals surface area contributed by atoms with Gasteiger partial charge in [-0.3, -0.25) is 0 Å². The molecule has 0 bridgehead atoms. The third-order valence-corrected chi connectivity index (χ3v) is 7.72. The maximum absolute atomic E-state index is 2.36. The van der Waals surface area contributed by atoms with E-state index in [-0.39, 0.29) is 0 Å². The maximum atomic E-state index is 2.36. The molecule has 0 saturated heterocycles. The van der Waals surface area contributed by atoms with Crippen molar-refractivity contribution in [2.75, 3.05) is 0 Å². The van der Waals surface area contributed by atoms with Crippen molar-refractivity contribution in [3.8, 4) is 0 Å². The molecule has 1 fully saturated rings. The molecule has 0 aromatic heterocycles. The summed E-state index contributed by atoms with van der Waals surface area (Å²) in [6, 6.07) is 17.7. The van der Waals surface area contributed by atoms with E-state index in [0.29, 0.717) is 16.2 Å². The van der Waals surface area contributed by atoms with Crippen LogP contribution >= 0.6 is 0 Å². The van der Waals surface area contributed by atoms with Crippen LogP contribution in [0.3, 0.4) is 0 Å². The summed E-state index contributed by atoms with van der Waals surface area (Å²) in [4.78, 5) is 0. The summed E-state index contributed by atoms with van der Waals surface area (Å²) in [5, 5.41) is 0. The quantitative estimate of drug-likeness (QED) is 0.411. The molecule has 0 amide bonds. The normalized spacial score (nSPS) is 21.9. The predicted molar refractivity (Wildman–Crippen MR) is 132 cm³/mol. The minimum Gasteiger partial charge on any atom is -0.0620 e. The molecule has 0 heterocycles. The van der Waals surface area contributed by atoms with Gasteiger partial charge in [-0.15, -0.1) is 0 Å². The molecular formula is C30H44. The number of fused-ring (bicyclic) bond motifs is 2. The Balaban J connectivity index is 0.000000133. The van der Waals surface area contributed by atoms with Gasteiger partial charge in [0.05, 0.1) is 0 Å². The number of benzene rings is 2. The largest absolute Gasteiger partial charge is 0.0620 e. The highest BCUT2D eigenvalue weighted by atomic mass is 14.3. The molecule has 0 radical (unpaired) electrons. The molecule has 0 spiro atoms. The van der Waals surface area contributed by atoms with Gasteiger partial charge in [0.2, 0.25) is 0 Å². The number of rotatable bonds is 0. The van der Waals surface area contributed by atoms with E-state index in [0.717, 1.165) is 0 Å². The third-order valence-electron chi connectivity index (χ3n) is 7.72. The Hall–Kier alpha value is -1.56. The van der Waals surface area contributed by atoms with Crippen molar-refractivity contribution in [2.45, 2.75) is 110 Å². The van der Waals surface area contributed by atoms with Crippen LogP contribution < -0.4 is 0 Å². The highest BCUT2D eigenvalue weighted by Gasteiger charge is 2.28. The van der Waals surface area contributed by atoms with Crippen LogP contribution in [-0.4, -0.2) is 0 Å². The molecule has 2 aromatic carbocycles. The highest BCUT2D eigenvalue weighted by Crippen LogP contribution is 2.38. The fourth-order valence-electron chi connectivity index (χ4n) is 5.57. The molecule has 5 rings (SSSR count). The second-order valence-corrected chi connectivity index (χ2v) is 11.8. The Morgan fingerprint density at radius 2 is 0.967 bits per heavy atom. The van der Waals surface area contributed by atoms with Gasteiger partial charge in [-0.2, -0.15) is 0 Å². The van der Waals surface area contributed by atoms with Crippen molar-refractivity contribution in [3.05, 3.63) is 70.8 Å². The summed E-state index contributed by atoms with van der Waals surface area (Å²) >= 11 is 0. The molecular weight excluding hydrogens is 360 g/mol. The van der Waals surface area contributed by atoms with Crippen molar-refractivity contribution in [2.24, 2.45) is 5.41 Å². The molecule has 0 nitrogen and oxygen atoms in total. The van der Waals surface area contributed by atoms with Gasteiger partial charge in [0.15, 0.2) is 0 Å². The SMILES string of the molecule is CC1(C)CCCC1.CC1(C)CCCc2ccccc21.CC1(C)CCc2ccccc21. The first-order chi connectivity index (χ1) is 14.1. The summed E-state index contributed by atoms with van der Waals surface area (Å²) in [6.07, 6.45) is 12.4. The summed E-state index contributed by atoms with van der Waals surface area (Å²) in [5.41, 5.74) is 7.77. The molecule has 164 valence electrons. The number of aryl methyl sites for hydroxylation is 2. The second-order valence-electron chi connectivity index (χ2n) is 11.8. The summed E-state index contributed by atoms with van der Waals surface area (Å²) in [5.74, 6) is 0. The summed E-state index contributed by atoms with van der Waals surface area (Å²) < 4.78 is 0. The van der Waals surface area contributed by atoms with Crippen LogP contribution in [0, 0.1) is 5.41 Å². The topological polar surface area (TPSA) is 0 Å². The fraction of sp³-hybridized carbons (Fsp3) is 0.600. The van der Waals surface area contributed by atoms with Crippen LogP contribution in [0.15, 0.2) is 48.5 Å². The zero-order valence-electron chi connectivity index (χ0n) is 20.5. The van der Waals surface area contributed by atoms with Gasteiger partial charge in [-0.25, -0.2) is 0 Å². The lowest BCUT2D eigenvalue weighted by Gasteiger charge is -2.32. The summed E-state index contributed by atoms with van der Waals surface area (Å²) in [7, 11) is 0. The first-order valence-electron chi connectivity index (χ1n) is 12.3. The van der Waals surface area contributed by atoms with E-state index in [9.17, 15) is 0 Å². The zero-order chi connectivity index (χ0) is 21.8. The van der Waals surface area contributed by atoms with Crippen molar-refractivity contribution in [1.29, 1.82) is 0 Å². The molecule has 0 heteroatoms. The Kier molecular flexibility index (Phi) is 7.16. The second kappa shape index (κ2) is 9.29. The van der Waals surface area contributed by atoms with Crippen LogP contribution in [0.25, 0.3) is 0 Å². The molecule has 0 unspecified atom stereocenters. The third kappa shape index (κ3) is 5.77. The van der Waals surface area contributed by atoms with Gasteiger partial charge in [0, 0.05) is 0 Å². The van der Waals surface area contributed by atoms with Crippen molar-refractivity contribution >= 4 is 0 Å². The lowest BCUT2D eigenvalue weighted by Crippen LogP contribution is -2.23. The average molecular weight is 405 g/mol. The van der Waals surface area contributed by atoms with Crippen LogP contribution in [0.4, 0.5) is 0 Å². The molecule has 0 atom stereocenters. The molecule has 0 N–H and O–H groups in total. The molecule has 2 aromatic rings. The Morgan fingerprint density at radius 3 is 1.40 bits per heavy atom. The minimum absolute atomic E-state index is 0.412. The average Bonchev–Trinajstić information content (AvgIpc) is 3.25. The first-order valence-corrected chi connectivity index (χ1v) is 12.3. The van der Waals surface area contributed by atoms with Gasteiger partial charge in [0.1, 0.15) is 0 Å². The number of hydrogen-bond acceptors (Lipinski definition) is 0. The van der Waals surface area contributed by atoms with Crippen molar-refractivity contribution in [3.63, 3.8) is 0 Å². The van der Waals surface area contributed by atoms with Crippen LogP contribution in [-0.2, 0) is 23.7 Å². The smallest absolute Gasteiger partial charge is 0.00977 e.